The van der Waals surface area contributed by atoms with E-state index in [2.05, 4.69) is 0 Å². The maximum Gasteiger partial charge on any atom is 2.00 e. The molecule has 35 heavy (non-hydrogen) atoms. The van der Waals surface area contributed by atoms with Gasteiger partial charge in [0.05, 0.1) is 17.2 Å². The number of para-hydroxylation sites is 1. The molecule has 3 aromatic rings. The molecule has 12 heteroatoms. The average Bonchev–Trinajstić information content (AvgIpc) is 2.64. The van der Waals surface area contributed by atoms with Crippen LogP contribution in [0.2, 0.25) is 0 Å². The van der Waals surface area contributed by atoms with Gasteiger partial charge >= 0.3 is 39.0 Å². The molecule has 1 aromatic heterocycles. The van der Waals surface area contributed by atoms with E-state index in [0.717, 1.165) is 11.1 Å². The molecule has 1 aliphatic carbocycles. The van der Waals surface area contributed by atoms with E-state index in [1.165, 1.54) is 0 Å². The van der Waals surface area contributed by atoms with Crippen LogP contribution >= 0.6 is 0 Å². The monoisotopic (exact) mass is 671 g/mol. The van der Waals surface area contributed by atoms with Gasteiger partial charge in [-0.25, -0.2) is 0 Å². The number of carboxylic acids is 3. The molecule has 0 amide bonds. The summed E-state index contributed by atoms with van der Waals surface area (Å²) in [6.07, 6.45) is 1.09. The van der Waals surface area contributed by atoms with Crippen LogP contribution in [0.4, 0.5) is 0 Å². The average molecular weight is 672 g/mol. The second-order valence-corrected chi connectivity index (χ2v) is 7.73. The third kappa shape index (κ3) is 6.32. The fourth-order valence-electron chi connectivity index (χ4n) is 3.58. The van der Waals surface area contributed by atoms with Crippen LogP contribution in [0.1, 0.15) is 36.0 Å². The number of nitrogens with two attached hydrogens (primary N) is 2. The van der Waals surface area contributed by atoms with Crippen molar-refractivity contribution >= 4 is 39.8 Å². The van der Waals surface area contributed by atoms with E-state index in [1.54, 1.807) is 24.3 Å². The molecule has 0 atom stereocenters. The third-order valence-corrected chi connectivity index (χ3v) is 5.83. The van der Waals surface area contributed by atoms with Crippen LogP contribution in [0.15, 0.2) is 39.5 Å². The van der Waals surface area contributed by atoms with Crippen LogP contribution in [0.3, 0.4) is 0 Å². The zero-order chi connectivity index (χ0) is 22.9. The first-order valence-electron chi connectivity index (χ1n) is 9.71. The molecule has 1 aliphatic rings. The number of benzene rings is 2. The summed E-state index contributed by atoms with van der Waals surface area (Å²) in [6.45, 7) is 3.84. The van der Waals surface area contributed by atoms with Crippen LogP contribution in [-0.2, 0) is 41.9 Å². The van der Waals surface area contributed by atoms with Gasteiger partial charge in [0.1, 0.15) is 11.2 Å². The molecule has 11 nitrogen and oxygen atoms in total. The van der Waals surface area contributed by atoms with Gasteiger partial charge < -0.3 is 37.5 Å². The second-order valence-electron chi connectivity index (χ2n) is 7.73. The molecule has 0 radical (unpaired) electrons. The number of aliphatic carboxylic acids is 3. The number of hydrogen-bond acceptors (Lipinski definition) is 5. The van der Waals surface area contributed by atoms with Gasteiger partial charge in [-0.1, -0.05) is 18.2 Å². The van der Waals surface area contributed by atoms with Gasteiger partial charge in [-0.2, -0.15) is 0 Å². The van der Waals surface area contributed by atoms with Crippen LogP contribution in [-0.4, -0.2) is 38.7 Å². The Hall–Kier alpha value is -3.11. The molecule has 0 unspecified atom stereocenters. The van der Waals surface area contributed by atoms with Gasteiger partial charge in [0.2, 0.25) is 5.43 Å². The first-order chi connectivity index (χ1) is 14.6. The molecular weight excluding hydrogens is 643 g/mol. The number of aryl methyl sites for hydroxylation is 2. The Morgan fingerprint density at radius 3 is 1.89 bits per heavy atom. The molecule has 0 aliphatic heterocycles. The first-order valence-corrected chi connectivity index (χ1v) is 9.71. The topological polar surface area (TPSA) is 241 Å². The van der Waals surface area contributed by atoms with Crippen molar-refractivity contribution in [3.05, 3.63) is 69.5 Å². The Morgan fingerprint density at radius 2 is 1.46 bits per heavy atom. The van der Waals surface area contributed by atoms with Gasteiger partial charge in [0.25, 0.3) is 0 Å². The molecule has 194 valence electrons. The van der Waals surface area contributed by atoms with E-state index >= 15 is 0 Å². The number of carboxylic acid groups (broad SMARTS) is 3. The summed E-state index contributed by atoms with van der Waals surface area (Å²) in [5.41, 5.74) is 1.77. The molecular formula is C23H28N2O9Pt. The molecule has 4 rings (SSSR count). The van der Waals surface area contributed by atoms with Crippen molar-refractivity contribution in [2.24, 2.45) is 5.41 Å². The molecule has 1 heterocycles. The van der Waals surface area contributed by atoms with Gasteiger partial charge in [-0.15, -0.1) is 0 Å². The smallest absolute Gasteiger partial charge is 0.693 e. The second kappa shape index (κ2) is 13.1. The van der Waals surface area contributed by atoms with Crippen molar-refractivity contribution in [2.75, 3.05) is 0 Å². The van der Waals surface area contributed by atoms with Crippen molar-refractivity contribution in [1.29, 1.82) is 0 Å². The molecule has 1 fully saturated rings. The van der Waals surface area contributed by atoms with Gasteiger partial charge in [-0.3, -0.25) is 19.2 Å². The van der Waals surface area contributed by atoms with Crippen molar-refractivity contribution in [3.63, 3.8) is 0 Å². The van der Waals surface area contributed by atoms with Crippen LogP contribution < -0.4 is 5.43 Å². The SMILES string of the molecule is Cc1ccc2c(=O)c3cccc(CC(=O)O)c3oc2c1C.O.O=C(O)C1(C(=O)O)CCC1.[NH2-].[NH2-].[Pt+2]. The Bertz CT molecular complexity index is 1270. The Morgan fingerprint density at radius 1 is 0.914 bits per heavy atom. The number of hydrogen-bond donors (Lipinski definition) is 3. The standard InChI is InChI=1S/C17H14O4.C6H8O4.2H2N.H2O.Pt/c1-9-6-7-13-15(20)12-5-3-4-11(8-14(18)19)17(12)21-16(13)10(9)2;7-4(8)6(5(9)10)2-1-3-6;;;;/h3-7H,8H2,1-2H3,(H,18,19);1-3H2,(H,7,8)(H,9,10);3*1H2;/q;;2*-1;;+2. The van der Waals surface area contributed by atoms with Crippen LogP contribution in [0.25, 0.3) is 34.2 Å². The van der Waals surface area contributed by atoms with Crippen molar-refractivity contribution in [3.8, 4) is 0 Å². The molecule has 2 aromatic carbocycles. The van der Waals surface area contributed by atoms with E-state index in [0.29, 0.717) is 33.9 Å². The quantitative estimate of drug-likeness (QED) is 0.268. The fourth-order valence-corrected chi connectivity index (χ4v) is 3.58. The van der Waals surface area contributed by atoms with Crippen LogP contribution in [0, 0.1) is 19.3 Å². The Labute approximate surface area is 214 Å². The largest absolute Gasteiger partial charge is 2.00 e. The summed E-state index contributed by atoms with van der Waals surface area (Å²) < 4.78 is 5.91. The minimum absolute atomic E-state index is 0. The van der Waals surface area contributed by atoms with E-state index < -0.39 is 23.3 Å². The minimum Gasteiger partial charge on any atom is -0.693 e. The predicted molar refractivity (Wildman–Crippen MR) is 127 cm³/mol. The van der Waals surface area contributed by atoms with Crippen LogP contribution in [0.5, 0.6) is 0 Å². The summed E-state index contributed by atoms with van der Waals surface area (Å²) in [6, 6.07) is 8.68. The fraction of sp³-hybridized carbons (Fsp3) is 0.304. The zero-order valence-corrected chi connectivity index (χ0v) is 21.3. The van der Waals surface area contributed by atoms with E-state index in [1.807, 2.05) is 19.9 Å². The maximum absolute atomic E-state index is 12.6. The van der Waals surface area contributed by atoms with E-state index in [4.69, 9.17) is 19.7 Å². The van der Waals surface area contributed by atoms with Crippen molar-refractivity contribution in [1.82, 2.24) is 0 Å². The normalized spacial score (nSPS) is 12.7. The van der Waals surface area contributed by atoms with E-state index in [9.17, 15) is 19.2 Å². The Kier molecular flexibility index (Phi) is 12.8. The third-order valence-electron chi connectivity index (χ3n) is 5.83. The number of carbonyl (C=O) groups is 3. The van der Waals surface area contributed by atoms with Crippen molar-refractivity contribution < 1.29 is 60.7 Å². The summed E-state index contributed by atoms with van der Waals surface area (Å²) in [7, 11) is 0. The summed E-state index contributed by atoms with van der Waals surface area (Å²) in [4.78, 5) is 44.3. The molecule has 0 spiro atoms. The summed E-state index contributed by atoms with van der Waals surface area (Å²) in [5.74, 6) is -3.36. The molecule has 9 N–H and O–H groups in total. The zero-order valence-electron chi connectivity index (χ0n) is 19.1. The van der Waals surface area contributed by atoms with E-state index in [-0.39, 0.29) is 63.5 Å². The molecule has 0 saturated heterocycles. The van der Waals surface area contributed by atoms with Gasteiger partial charge in [0.15, 0.2) is 5.41 Å². The van der Waals surface area contributed by atoms with Gasteiger partial charge in [-0.05, 0) is 56.4 Å². The maximum atomic E-state index is 12.6. The first kappa shape index (κ1) is 34.1. The minimum atomic E-state index is -1.44. The Balaban J connectivity index is 0. The van der Waals surface area contributed by atoms with Gasteiger partial charge in [0, 0.05) is 5.56 Å². The molecule has 1 saturated carbocycles. The number of rotatable bonds is 4. The van der Waals surface area contributed by atoms with Crippen molar-refractivity contribution in [2.45, 2.75) is 39.5 Å². The summed E-state index contributed by atoms with van der Waals surface area (Å²) >= 11 is 0. The summed E-state index contributed by atoms with van der Waals surface area (Å²) in [5, 5.41) is 26.9. The number of fused-ring (bicyclic) bond motifs is 2. The molecule has 0 bridgehead atoms. The predicted octanol–water partition coefficient (Wildman–Crippen LogP) is 4.12.